The number of hydrogen-bond donors (Lipinski definition) is 0. The molecular formula is C21H38FN3O. The van der Waals surface area contributed by atoms with Gasteiger partial charge in [0.05, 0.1) is 0 Å². The Balaban J connectivity index is 1.41. The maximum atomic E-state index is 15.3. The van der Waals surface area contributed by atoms with Crippen molar-refractivity contribution in [2.45, 2.75) is 59.0 Å². The van der Waals surface area contributed by atoms with E-state index in [1.165, 1.54) is 0 Å². The van der Waals surface area contributed by atoms with Crippen LogP contribution in [0, 0.1) is 17.3 Å². The fourth-order valence-electron chi connectivity index (χ4n) is 5.37. The zero-order chi connectivity index (χ0) is 18.9. The Labute approximate surface area is 159 Å². The molecule has 1 aliphatic carbocycles. The molecule has 0 unspecified atom stereocenters. The van der Waals surface area contributed by atoms with Crippen molar-refractivity contribution >= 4 is 5.91 Å². The Kier molecular flexibility index (Phi) is 5.98. The van der Waals surface area contributed by atoms with Crippen LogP contribution in [0.1, 0.15) is 53.4 Å². The van der Waals surface area contributed by atoms with Crippen LogP contribution in [0.25, 0.3) is 0 Å². The smallest absolute Gasteiger partial charge is 0.225 e. The number of rotatable bonds is 5. The van der Waals surface area contributed by atoms with Crippen LogP contribution in [0.2, 0.25) is 0 Å². The number of piperidine rings is 1. The first-order chi connectivity index (χ1) is 12.2. The van der Waals surface area contributed by atoms with Crippen molar-refractivity contribution in [2.75, 3.05) is 52.4 Å². The van der Waals surface area contributed by atoms with Crippen molar-refractivity contribution in [3.05, 3.63) is 0 Å². The summed E-state index contributed by atoms with van der Waals surface area (Å²) in [5, 5.41) is 0. The molecule has 1 spiro atoms. The molecule has 0 aromatic heterocycles. The number of carbonyl (C=O) groups excluding carboxylic acids is 1. The molecule has 1 amide bonds. The summed E-state index contributed by atoms with van der Waals surface area (Å²) in [6.07, 6.45) is 3.38. The molecule has 4 nitrogen and oxygen atoms in total. The van der Waals surface area contributed by atoms with E-state index in [2.05, 4.69) is 23.6 Å². The number of halogens is 1. The van der Waals surface area contributed by atoms with Gasteiger partial charge in [-0.05, 0) is 37.0 Å². The van der Waals surface area contributed by atoms with Gasteiger partial charge in [-0.2, -0.15) is 0 Å². The lowest BCUT2D eigenvalue weighted by Crippen LogP contribution is -2.60. The van der Waals surface area contributed by atoms with Gasteiger partial charge in [-0.15, -0.1) is 0 Å². The maximum Gasteiger partial charge on any atom is 0.225 e. The summed E-state index contributed by atoms with van der Waals surface area (Å²) in [4.78, 5) is 19.0. The second-order valence-electron chi connectivity index (χ2n) is 9.96. The normalized spacial score (nSPS) is 26.5. The summed E-state index contributed by atoms with van der Waals surface area (Å²) in [6, 6.07) is 0. The van der Waals surface area contributed by atoms with Gasteiger partial charge in [0.25, 0.3) is 0 Å². The van der Waals surface area contributed by atoms with Crippen LogP contribution in [0.15, 0.2) is 0 Å². The van der Waals surface area contributed by atoms with E-state index in [-0.39, 0.29) is 17.2 Å². The monoisotopic (exact) mass is 367 g/mol. The number of hydrogen-bond acceptors (Lipinski definition) is 3. The first-order valence-electron chi connectivity index (χ1n) is 10.6. The number of piperazine rings is 1. The predicted octanol–water partition coefficient (Wildman–Crippen LogP) is 3.03. The third-order valence-corrected chi connectivity index (χ3v) is 6.61. The zero-order valence-corrected chi connectivity index (χ0v) is 17.3. The summed E-state index contributed by atoms with van der Waals surface area (Å²) in [5.41, 5.74) is -0.827. The minimum absolute atomic E-state index is 0.0695. The van der Waals surface area contributed by atoms with Gasteiger partial charge in [0.15, 0.2) is 0 Å². The van der Waals surface area contributed by atoms with E-state index in [0.29, 0.717) is 25.3 Å². The lowest BCUT2D eigenvalue weighted by atomic mass is 9.55. The second kappa shape index (κ2) is 7.75. The second-order valence-corrected chi connectivity index (χ2v) is 9.96. The molecule has 0 radical (unpaired) electrons. The number of nitrogens with zero attached hydrogens (tertiary/aromatic N) is 3. The van der Waals surface area contributed by atoms with E-state index in [9.17, 15) is 4.79 Å². The molecule has 1 saturated carbocycles. The highest BCUT2D eigenvalue weighted by molar-refractivity contribution is 5.78. The lowest BCUT2D eigenvalue weighted by molar-refractivity contribution is -0.145. The van der Waals surface area contributed by atoms with Crippen LogP contribution in [-0.2, 0) is 4.79 Å². The van der Waals surface area contributed by atoms with Crippen LogP contribution in [0.5, 0.6) is 0 Å². The van der Waals surface area contributed by atoms with Crippen LogP contribution >= 0.6 is 0 Å². The SMILES string of the molecule is CC(C)CN1CCN(CC2(F)CC3(CCN(C(=O)C(C)C)CC3)C2)CC1. The first-order valence-corrected chi connectivity index (χ1v) is 10.6. The van der Waals surface area contributed by atoms with Crippen LogP contribution < -0.4 is 0 Å². The molecule has 26 heavy (non-hydrogen) atoms. The summed E-state index contributed by atoms with van der Waals surface area (Å²) in [7, 11) is 0. The first kappa shape index (κ1) is 20.1. The Morgan fingerprint density at radius 3 is 1.96 bits per heavy atom. The van der Waals surface area contributed by atoms with E-state index in [1.54, 1.807) is 0 Å². The van der Waals surface area contributed by atoms with Gasteiger partial charge in [-0.25, -0.2) is 4.39 Å². The Morgan fingerprint density at radius 1 is 0.923 bits per heavy atom. The highest BCUT2D eigenvalue weighted by Crippen LogP contribution is 2.57. The van der Waals surface area contributed by atoms with Gasteiger partial charge >= 0.3 is 0 Å². The molecule has 2 aliphatic heterocycles. The molecule has 3 fully saturated rings. The van der Waals surface area contributed by atoms with Gasteiger partial charge in [0.1, 0.15) is 5.67 Å². The van der Waals surface area contributed by atoms with Crippen molar-refractivity contribution in [1.29, 1.82) is 0 Å². The molecule has 3 aliphatic rings. The number of amides is 1. The number of alkyl halides is 1. The van der Waals surface area contributed by atoms with E-state index in [4.69, 9.17) is 0 Å². The summed E-state index contributed by atoms with van der Waals surface area (Å²) in [6.45, 7) is 16.0. The molecule has 2 saturated heterocycles. The highest BCUT2D eigenvalue weighted by atomic mass is 19.1. The average molecular weight is 368 g/mol. The molecular weight excluding hydrogens is 329 g/mol. The summed E-state index contributed by atoms with van der Waals surface area (Å²) in [5.74, 6) is 1.03. The van der Waals surface area contributed by atoms with Gasteiger partial charge in [-0.1, -0.05) is 27.7 Å². The quantitative estimate of drug-likeness (QED) is 0.747. The Morgan fingerprint density at radius 2 is 1.46 bits per heavy atom. The van der Waals surface area contributed by atoms with Gasteiger partial charge in [-0.3, -0.25) is 9.69 Å². The molecule has 0 bridgehead atoms. The standard InChI is InChI=1S/C21H38FN3O/c1-17(2)13-23-9-11-24(12-10-23)16-21(22)14-20(15-21)5-7-25(8-6-20)19(26)18(3)4/h17-18H,5-16H2,1-4H3. The highest BCUT2D eigenvalue weighted by Gasteiger charge is 2.56. The zero-order valence-electron chi connectivity index (χ0n) is 17.3. The van der Waals surface area contributed by atoms with E-state index in [0.717, 1.165) is 58.7 Å². The minimum atomic E-state index is -0.996. The molecule has 0 atom stereocenters. The van der Waals surface area contributed by atoms with E-state index < -0.39 is 5.67 Å². The van der Waals surface area contributed by atoms with Crippen molar-refractivity contribution < 1.29 is 9.18 Å². The molecule has 0 N–H and O–H groups in total. The van der Waals surface area contributed by atoms with E-state index >= 15 is 4.39 Å². The third-order valence-electron chi connectivity index (χ3n) is 6.61. The molecule has 2 heterocycles. The summed E-state index contributed by atoms with van der Waals surface area (Å²) < 4.78 is 15.3. The number of likely N-dealkylation sites (tertiary alicyclic amines) is 1. The third kappa shape index (κ3) is 4.59. The van der Waals surface area contributed by atoms with E-state index in [1.807, 2.05) is 18.7 Å². The Hall–Kier alpha value is -0.680. The van der Waals surface area contributed by atoms with Gasteiger partial charge < -0.3 is 9.80 Å². The van der Waals surface area contributed by atoms with Gasteiger partial charge in [0, 0.05) is 58.3 Å². The van der Waals surface area contributed by atoms with Crippen molar-refractivity contribution in [2.24, 2.45) is 17.3 Å². The number of carbonyl (C=O) groups is 1. The fraction of sp³-hybridized carbons (Fsp3) is 0.952. The maximum absolute atomic E-state index is 15.3. The summed E-state index contributed by atoms with van der Waals surface area (Å²) >= 11 is 0. The molecule has 150 valence electrons. The van der Waals surface area contributed by atoms with Crippen LogP contribution in [-0.4, -0.2) is 78.6 Å². The van der Waals surface area contributed by atoms with Crippen molar-refractivity contribution in [3.63, 3.8) is 0 Å². The largest absolute Gasteiger partial charge is 0.342 e. The minimum Gasteiger partial charge on any atom is -0.342 e. The van der Waals surface area contributed by atoms with Crippen LogP contribution in [0.3, 0.4) is 0 Å². The van der Waals surface area contributed by atoms with Crippen LogP contribution in [0.4, 0.5) is 4.39 Å². The van der Waals surface area contributed by atoms with Crippen molar-refractivity contribution in [3.8, 4) is 0 Å². The Bertz CT molecular complexity index is 483. The molecule has 5 heteroatoms. The average Bonchev–Trinajstić information content (AvgIpc) is 2.55. The molecule has 0 aromatic rings. The predicted molar refractivity (Wildman–Crippen MR) is 104 cm³/mol. The molecule has 0 aromatic carbocycles. The molecule has 3 rings (SSSR count). The fourth-order valence-corrected chi connectivity index (χ4v) is 5.37. The van der Waals surface area contributed by atoms with Crippen molar-refractivity contribution in [1.82, 2.24) is 14.7 Å². The van der Waals surface area contributed by atoms with Gasteiger partial charge in [0.2, 0.25) is 5.91 Å². The topological polar surface area (TPSA) is 26.8 Å². The lowest BCUT2D eigenvalue weighted by Gasteiger charge is -2.56.